The molecule has 0 aliphatic carbocycles. The summed E-state index contributed by atoms with van der Waals surface area (Å²) >= 11 is 0. The molecule has 2 unspecified atom stereocenters. The molecule has 1 aliphatic heterocycles. The summed E-state index contributed by atoms with van der Waals surface area (Å²) in [7, 11) is 0. The summed E-state index contributed by atoms with van der Waals surface area (Å²) in [6.45, 7) is 6.31. The Morgan fingerprint density at radius 2 is 2.43 bits per heavy atom. The number of hydrogen-bond acceptors (Lipinski definition) is 3. The van der Waals surface area contributed by atoms with Gasteiger partial charge in [0.25, 0.3) is 5.91 Å². The second kappa shape index (κ2) is 5.32. The van der Waals surface area contributed by atoms with Gasteiger partial charge in [-0.1, -0.05) is 13.8 Å². The SMILES string of the molecule is CCC(C(=O)NN)N1CCCC(C)C1. The Balaban J connectivity index is 2.54. The summed E-state index contributed by atoms with van der Waals surface area (Å²) < 4.78 is 0. The van der Waals surface area contributed by atoms with Gasteiger partial charge < -0.3 is 0 Å². The van der Waals surface area contributed by atoms with Crippen molar-refractivity contribution in [3.8, 4) is 0 Å². The van der Waals surface area contributed by atoms with Gasteiger partial charge >= 0.3 is 0 Å². The number of nitrogens with two attached hydrogens (primary N) is 1. The summed E-state index contributed by atoms with van der Waals surface area (Å²) in [5, 5.41) is 0. The molecular formula is C10H21N3O. The van der Waals surface area contributed by atoms with E-state index < -0.39 is 0 Å². The van der Waals surface area contributed by atoms with E-state index >= 15 is 0 Å². The van der Waals surface area contributed by atoms with E-state index in [2.05, 4.69) is 17.2 Å². The minimum Gasteiger partial charge on any atom is -0.293 e. The summed E-state index contributed by atoms with van der Waals surface area (Å²) in [4.78, 5) is 13.7. The van der Waals surface area contributed by atoms with Crippen LogP contribution in [0.5, 0.6) is 0 Å². The Bertz CT molecular complexity index is 196. The largest absolute Gasteiger partial charge is 0.293 e. The molecule has 1 aliphatic rings. The number of likely N-dealkylation sites (tertiary alicyclic amines) is 1. The minimum atomic E-state index is -0.0541. The lowest BCUT2D eigenvalue weighted by Crippen LogP contribution is -2.51. The van der Waals surface area contributed by atoms with E-state index in [-0.39, 0.29) is 11.9 Å². The van der Waals surface area contributed by atoms with E-state index in [1.165, 1.54) is 12.8 Å². The molecule has 4 heteroatoms. The second-order valence-corrected chi connectivity index (χ2v) is 4.17. The highest BCUT2D eigenvalue weighted by molar-refractivity contribution is 5.81. The Labute approximate surface area is 85.8 Å². The highest BCUT2D eigenvalue weighted by Crippen LogP contribution is 2.18. The van der Waals surface area contributed by atoms with Gasteiger partial charge in [-0.15, -0.1) is 0 Å². The van der Waals surface area contributed by atoms with E-state index in [9.17, 15) is 4.79 Å². The predicted octanol–water partition coefficient (Wildman–Crippen LogP) is 0.487. The van der Waals surface area contributed by atoms with Crippen LogP contribution in [0.1, 0.15) is 33.1 Å². The van der Waals surface area contributed by atoms with Gasteiger partial charge in [-0.25, -0.2) is 5.84 Å². The summed E-state index contributed by atoms with van der Waals surface area (Å²) in [6, 6.07) is -0.0391. The van der Waals surface area contributed by atoms with Crippen LogP contribution in [-0.4, -0.2) is 29.9 Å². The van der Waals surface area contributed by atoms with Crippen LogP contribution in [0.2, 0.25) is 0 Å². The highest BCUT2D eigenvalue weighted by atomic mass is 16.2. The Kier molecular flexibility index (Phi) is 4.35. The smallest absolute Gasteiger partial charge is 0.251 e. The van der Waals surface area contributed by atoms with Gasteiger partial charge in [0.15, 0.2) is 0 Å². The maximum Gasteiger partial charge on any atom is 0.251 e. The first-order valence-electron chi connectivity index (χ1n) is 5.43. The molecule has 0 saturated carbocycles. The number of hydrazine groups is 1. The quantitative estimate of drug-likeness (QED) is 0.395. The van der Waals surface area contributed by atoms with E-state index in [0.717, 1.165) is 19.5 Å². The highest BCUT2D eigenvalue weighted by Gasteiger charge is 2.27. The molecule has 0 aromatic heterocycles. The molecule has 14 heavy (non-hydrogen) atoms. The monoisotopic (exact) mass is 199 g/mol. The van der Waals surface area contributed by atoms with Crippen molar-refractivity contribution in [2.75, 3.05) is 13.1 Å². The summed E-state index contributed by atoms with van der Waals surface area (Å²) in [5.41, 5.74) is 2.25. The van der Waals surface area contributed by atoms with Crippen LogP contribution in [0, 0.1) is 5.92 Å². The Morgan fingerprint density at radius 1 is 1.71 bits per heavy atom. The van der Waals surface area contributed by atoms with Crippen LogP contribution in [0.3, 0.4) is 0 Å². The zero-order valence-corrected chi connectivity index (χ0v) is 9.12. The first-order valence-corrected chi connectivity index (χ1v) is 5.43. The maximum absolute atomic E-state index is 11.5. The molecule has 0 radical (unpaired) electrons. The zero-order valence-electron chi connectivity index (χ0n) is 9.12. The molecule has 1 fully saturated rings. The van der Waals surface area contributed by atoms with Crippen molar-refractivity contribution in [2.24, 2.45) is 11.8 Å². The molecule has 0 aromatic rings. The lowest BCUT2D eigenvalue weighted by molar-refractivity contribution is -0.127. The molecule has 4 nitrogen and oxygen atoms in total. The molecule has 1 amide bonds. The number of nitrogens with zero attached hydrogens (tertiary/aromatic N) is 1. The number of carbonyl (C=O) groups excluding carboxylic acids is 1. The number of rotatable bonds is 3. The van der Waals surface area contributed by atoms with E-state index in [0.29, 0.717) is 5.92 Å². The minimum absolute atomic E-state index is 0.0391. The molecule has 1 rings (SSSR count). The molecule has 1 heterocycles. The molecular weight excluding hydrogens is 178 g/mol. The van der Waals surface area contributed by atoms with Gasteiger partial charge in [0.2, 0.25) is 0 Å². The van der Waals surface area contributed by atoms with Crippen LogP contribution in [0.15, 0.2) is 0 Å². The van der Waals surface area contributed by atoms with Gasteiger partial charge in [0.1, 0.15) is 0 Å². The van der Waals surface area contributed by atoms with Crippen LogP contribution in [0.25, 0.3) is 0 Å². The lowest BCUT2D eigenvalue weighted by atomic mass is 9.98. The molecule has 3 N–H and O–H groups in total. The zero-order chi connectivity index (χ0) is 10.6. The average Bonchev–Trinajstić information content (AvgIpc) is 2.19. The third-order valence-corrected chi connectivity index (χ3v) is 2.96. The molecule has 1 saturated heterocycles. The number of piperidine rings is 1. The van der Waals surface area contributed by atoms with Crippen LogP contribution in [0.4, 0.5) is 0 Å². The van der Waals surface area contributed by atoms with Crippen molar-refractivity contribution in [1.82, 2.24) is 10.3 Å². The van der Waals surface area contributed by atoms with Gasteiger partial charge in [0.05, 0.1) is 6.04 Å². The summed E-state index contributed by atoms with van der Waals surface area (Å²) in [6.07, 6.45) is 3.29. The van der Waals surface area contributed by atoms with E-state index in [4.69, 9.17) is 5.84 Å². The van der Waals surface area contributed by atoms with E-state index in [1.807, 2.05) is 6.92 Å². The standard InChI is InChI=1S/C10H21N3O/c1-3-9(10(14)12-11)13-6-4-5-8(2)7-13/h8-9H,3-7,11H2,1-2H3,(H,12,14). The van der Waals surface area contributed by atoms with Gasteiger partial charge in [-0.2, -0.15) is 0 Å². The van der Waals surface area contributed by atoms with Gasteiger partial charge in [-0.3, -0.25) is 15.1 Å². The van der Waals surface area contributed by atoms with Crippen LogP contribution < -0.4 is 11.3 Å². The fraction of sp³-hybridized carbons (Fsp3) is 0.900. The van der Waals surface area contributed by atoms with Gasteiger partial charge in [-0.05, 0) is 31.7 Å². The fourth-order valence-electron chi connectivity index (χ4n) is 2.21. The Morgan fingerprint density at radius 3 is 2.93 bits per heavy atom. The lowest BCUT2D eigenvalue weighted by Gasteiger charge is -2.35. The molecule has 82 valence electrons. The maximum atomic E-state index is 11.5. The van der Waals surface area contributed by atoms with Crippen molar-refractivity contribution in [3.05, 3.63) is 0 Å². The summed E-state index contributed by atoms with van der Waals surface area (Å²) in [5.74, 6) is 5.81. The second-order valence-electron chi connectivity index (χ2n) is 4.17. The number of hydrogen-bond donors (Lipinski definition) is 2. The average molecular weight is 199 g/mol. The van der Waals surface area contributed by atoms with Crippen LogP contribution in [-0.2, 0) is 4.79 Å². The van der Waals surface area contributed by atoms with Crippen LogP contribution >= 0.6 is 0 Å². The van der Waals surface area contributed by atoms with Crippen molar-refractivity contribution < 1.29 is 4.79 Å². The normalized spacial score (nSPS) is 25.8. The van der Waals surface area contributed by atoms with Crippen molar-refractivity contribution in [3.63, 3.8) is 0 Å². The molecule has 0 spiro atoms. The van der Waals surface area contributed by atoms with Crippen molar-refractivity contribution in [2.45, 2.75) is 39.2 Å². The van der Waals surface area contributed by atoms with Gasteiger partial charge in [0, 0.05) is 6.54 Å². The molecule has 2 atom stereocenters. The Hall–Kier alpha value is -0.610. The third kappa shape index (κ3) is 2.69. The number of nitrogens with one attached hydrogen (secondary N) is 1. The first-order chi connectivity index (χ1) is 6.69. The van der Waals surface area contributed by atoms with Crippen molar-refractivity contribution >= 4 is 5.91 Å². The number of amides is 1. The van der Waals surface area contributed by atoms with E-state index in [1.54, 1.807) is 0 Å². The predicted molar refractivity (Wildman–Crippen MR) is 56.4 cm³/mol. The first kappa shape index (κ1) is 11.5. The van der Waals surface area contributed by atoms with Crippen molar-refractivity contribution in [1.29, 1.82) is 0 Å². The topological polar surface area (TPSA) is 58.4 Å². The molecule has 0 aromatic carbocycles. The fourth-order valence-corrected chi connectivity index (χ4v) is 2.21. The number of carbonyl (C=O) groups is 1. The third-order valence-electron chi connectivity index (χ3n) is 2.96. The molecule has 0 bridgehead atoms.